The lowest BCUT2D eigenvalue weighted by Crippen LogP contribution is -2.17. The van der Waals surface area contributed by atoms with Gasteiger partial charge in [0.2, 0.25) is 0 Å². The van der Waals surface area contributed by atoms with Crippen molar-refractivity contribution in [2.24, 2.45) is 0 Å². The number of hydrogen-bond acceptors (Lipinski definition) is 5. The van der Waals surface area contributed by atoms with Gasteiger partial charge in [-0.2, -0.15) is 0 Å². The minimum atomic E-state index is -0.147. The van der Waals surface area contributed by atoms with Gasteiger partial charge in [0.1, 0.15) is 11.5 Å². The number of aromatic nitrogens is 1. The predicted octanol–water partition coefficient (Wildman–Crippen LogP) is 3.88. The Morgan fingerprint density at radius 1 is 1.14 bits per heavy atom. The van der Waals surface area contributed by atoms with Crippen LogP contribution < -0.4 is 15.4 Å². The van der Waals surface area contributed by atoms with Crippen molar-refractivity contribution in [2.45, 2.75) is 26.8 Å². The van der Waals surface area contributed by atoms with E-state index in [1.54, 1.807) is 31.4 Å². The molecule has 28 heavy (non-hydrogen) atoms. The summed E-state index contributed by atoms with van der Waals surface area (Å²) >= 11 is 0. The summed E-state index contributed by atoms with van der Waals surface area (Å²) in [5.74, 6) is 1.45. The van der Waals surface area contributed by atoms with Crippen LogP contribution in [0.25, 0.3) is 0 Å². The van der Waals surface area contributed by atoms with Crippen LogP contribution in [0.4, 0.5) is 5.69 Å². The maximum Gasteiger partial charge on any atom is 0.255 e. The van der Waals surface area contributed by atoms with E-state index in [0.717, 1.165) is 53.5 Å². The van der Waals surface area contributed by atoms with Gasteiger partial charge < -0.3 is 19.9 Å². The van der Waals surface area contributed by atoms with Gasteiger partial charge >= 0.3 is 0 Å². The van der Waals surface area contributed by atoms with E-state index in [0.29, 0.717) is 5.56 Å². The Bertz CT molecular complexity index is 913. The number of carbonyl (C=O) groups excluding carboxylic acids is 1. The third-order valence-electron chi connectivity index (χ3n) is 4.60. The van der Waals surface area contributed by atoms with Crippen molar-refractivity contribution in [3.05, 3.63) is 76.7 Å². The number of nitrogens with one attached hydrogen (secondary N) is 2. The Morgan fingerprint density at radius 3 is 2.61 bits per heavy atom. The maximum atomic E-state index is 12.4. The normalized spacial score (nSPS) is 10.7. The third-order valence-corrected chi connectivity index (χ3v) is 4.60. The molecule has 0 aliphatic heterocycles. The van der Waals surface area contributed by atoms with Gasteiger partial charge in [-0.25, -0.2) is 0 Å². The molecule has 1 aromatic heterocycles. The fourth-order valence-electron chi connectivity index (χ4n) is 3.01. The van der Waals surface area contributed by atoms with Crippen LogP contribution in [0, 0.1) is 13.8 Å². The van der Waals surface area contributed by atoms with E-state index in [1.807, 2.05) is 38.1 Å². The van der Waals surface area contributed by atoms with Crippen molar-refractivity contribution in [3.63, 3.8) is 0 Å². The second kappa shape index (κ2) is 9.19. The lowest BCUT2D eigenvalue weighted by atomic mass is 10.1. The lowest BCUT2D eigenvalue weighted by molar-refractivity contribution is 0.102. The summed E-state index contributed by atoms with van der Waals surface area (Å²) in [6.45, 7) is 5.44. The molecule has 0 unspecified atom stereocenters. The van der Waals surface area contributed by atoms with Crippen LogP contribution in [0.15, 0.2) is 53.1 Å². The molecule has 0 radical (unpaired) electrons. The molecule has 0 atom stereocenters. The molecule has 0 bridgehead atoms. The summed E-state index contributed by atoms with van der Waals surface area (Å²) in [6.07, 6.45) is 0.870. The largest absolute Gasteiger partial charge is 0.497 e. The Labute approximate surface area is 164 Å². The molecule has 0 fully saturated rings. The van der Waals surface area contributed by atoms with E-state index < -0.39 is 0 Å². The minimum Gasteiger partial charge on any atom is -0.497 e. The second-order valence-corrected chi connectivity index (χ2v) is 6.61. The molecule has 0 saturated heterocycles. The molecule has 1 heterocycles. The number of aryl methyl sites for hydroxylation is 2. The van der Waals surface area contributed by atoms with E-state index >= 15 is 0 Å². The summed E-state index contributed by atoms with van der Waals surface area (Å²) in [4.78, 5) is 12.4. The van der Waals surface area contributed by atoms with Crippen LogP contribution in [0.2, 0.25) is 0 Å². The van der Waals surface area contributed by atoms with Crippen molar-refractivity contribution in [1.82, 2.24) is 10.5 Å². The Kier molecular flexibility index (Phi) is 6.45. The molecular weight excluding hydrogens is 354 g/mol. The molecule has 1 amide bonds. The smallest absolute Gasteiger partial charge is 0.255 e. The number of methoxy groups -OCH3 is 1. The number of hydrogen-bond donors (Lipinski definition) is 2. The van der Waals surface area contributed by atoms with E-state index in [4.69, 9.17) is 9.26 Å². The molecule has 6 heteroatoms. The molecule has 0 saturated carbocycles. The van der Waals surface area contributed by atoms with Gasteiger partial charge in [0, 0.05) is 23.4 Å². The minimum absolute atomic E-state index is 0.147. The lowest BCUT2D eigenvalue weighted by Gasteiger charge is -2.09. The first-order chi connectivity index (χ1) is 13.6. The Hall–Kier alpha value is -3.12. The summed E-state index contributed by atoms with van der Waals surface area (Å²) < 4.78 is 10.3. The fraction of sp³-hybridized carbons (Fsp3) is 0.273. The van der Waals surface area contributed by atoms with Crippen LogP contribution in [-0.2, 0) is 13.0 Å². The number of ether oxygens (including phenoxy) is 1. The van der Waals surface area contributed by atoms with E-state index in [1.165, 1.54) is 0 Å². The first kappa shape index (κ1) is 19.6. The van der Waals surface area contributed by atoms with E-state index in [9.17, 15) is 4.79 Å². The van der Waals surface area contributed by atoms with Gasteiger partial charge in [-0.3, -0.25) is 4.79 Å². The van der Waals surface area contributed by atoms with Gasteiger partial charge in [0.05, 0.1) is 12.8 Å². The molecule has 2 aromatic carbocycles. The van der Waals surface area contributed by atoms with Gasteiger partial charge in [0.15, 0.2) is 0 Å². The molecule has 0 aliphatic rings. The van der Waals surface area contributed by atoms with Crippen LogP contribution in [0.5, 0.6) is 5.75 Å². The van der Waals surface area contributed by atoms with Crippen LogP contribution >= 0.6 is 0 Å². The number of anilines is 1. The first-order valence-electron chi connectivity index (χ1n) is 9.23. The quantitative estimate of drug-likeness (QED) is 0.581. The molecule has 146 valence electrons. The Morgan fingerprint density at radius 2 is 1.93 bits per heavy atom. The zero-order valence-electron chi connectivity index (χ0n) is 16.4. The molecule has 3 rings (SSSR count). The van der Waals surface area contributed by atoms with Crippen LogP contribution in [0.1, 0.15) is 32.9 Å². The van der Waals surface area contributed by atoms with Crippen molar-refractivity contribution >= 4 is 11.6 Å². The van der Waals surface area contributed by atoms with Crippen molar-refractivity contribution in [2.75, 3.05) is 19.0 Å². The van der Waals surface area contributed by atoms with Gasteiger partial charge in [-0.05, 0) is 68.8 Å². The first-order valence-corrected chi connectivity index (χ1v) is 9.23. The molecular formula is C22H25N3O3. The predicted molar refractivity (Wildman–Crippen MR) is 109 cm³/mol. The monoisotopic (exact) mass is 379 g/mol. The fourth-order valence-corrected chi connectivity index (χ4v) is 3.01. The van der Waals surface area contributed by atoms with Crippen molar-refractivity contribution < 1.29 is 14.1 Å². The third kappa shape index (κ3) is 4.98. The summed E-state index contributed by atoms with van der Waals surface area (Å²) in [7, 11) is 1.60. The van der Waals surface area contributed by atoms with Gasteiger partial charge in [0.25, 0.3) is 5.91 Å². The van der Waals surface area contributed by atoms with Crippen molar-refractivity contribution in [3.8, 4) is 5.75 Å². The van der Waals surface area contributed by atoms with E-state index in [2.05, 4.69) is 15.8 Å². The maximum absolute atomic E-state index is 12.4. The number of rotatable bonds is 8. The Balaban J connectivity index is 1.52. The standard InChI is InChI=1S/C22H25N3O3/c1-15-21(16(2)28-25-15)11-12-23-14-17-5-4-6-19(13-17)24-22(26)18-7-9-20(27-3)10-8-18/h4-10,13,23H,11-12,14H2,1-3H3,(H,24,26). The topological polar surface area (TPSA) is 76.4 Å². The van der Waals surface area contributed by atoms with Crippen LogP contribution in [-0.4, -0.2) is 24.7 Å². The number of nitrogens with zero attached hydrogens (tertiary/aromatic N) is 1. The highest BCUT2D eigenvalue weighted by atomic mass is 16.5. The number of benzene rings is 2. The average molecular weight is 379 g/mol. The highest BCUT2D eigenvalue weighted by molar-refractivity contribution is 6.04. The summed E-state index contributed by atoms with van der Waals surface area (Å²) in [6, 6.07) is 14.9. The summed E-state index contributed by atoms with van der Waals surface area (Å²) in [5, 5.41) is 10.3. The summed E-state index contributed by atoms with van der Waals surface area (Å²) in [5.41, 5.74) is 4.57. The second-order valence-electron chi connectivity index (χ2n) is 6.61. The zero-order chi connectivity index (χ0) is 19.9. The van der Waals surface area contributed by atoms with Crippen molar-refractivity contribution in [1.29, 1.82) is 0 Å². The average Bonchev–Trinajstić information content (AvgIpc) is 3.03. The SMILES string of the molecule is COc1ccc(C(=O)Nc2cccc(CNCCc3c(C)noc3C)c2)cc1. The van der Waals surface area contributed by atoms with Gasteiger partial charge in [-0.1, -0.05) is 17.3 Å². The highest BCUT2D eigenvalue weighted by Gasteiger charge is 2.09. The number of amides is 1. The van der Waals surface area contributed by atoms with E-state index in [-0.39, 0.29) is 5.91 Å². The molecule has 6 nitrogen and oxygen atoms in total. The highest BCUT2D eigenvalue weighted by Crippen LogP contribution is 2.16. The molecule has 0 aliphatic carbocycles. The van der Waals surface area contributed by atoms with Crippen LogP contribution in [0.3, 0.4) is 0 Å². The molecule has 0 spiro atoms. The molecule has 2 N–H and O–H groups in total. The van der Waals surface area contributed by atoms with Gasteiger partial charge in [-0.15, -0.1) is 0 Å². The zero-order valence-corrected chi connectivity index (χ0v) is 16.4. The molecule has 3 aromatic rings. The number of carbonyl (C=O) groups is 1.